The normalized spacial score (nSPS) is 54.7. The van der Waals surface area contributed by atoms with Gasteiger partial charge < -0.3 is 0 Å². The minimum absolute atomic E-state index is 0.418. The lowest BCUT2D eigenvalue weighted by molar-refractivity contribution is -0.0550. The fourth-order valence-electron chi connectivity index (χ4n) is 7.82. The molecule has 0 bridgehead atoms. The summed E-state index contributed by atoms with van der Waals surface area (Å²) < 4.78 is 0. The predicted octanol–water partition coefficient (Wildman–Crippen LogP) is 6.86. The van der Waals surface area contributed by atoms with Gasteiger partial charge in [-0.15, -0.1) is 0 Å². The van der Waals surface area contributed by atoms with E-state index < -0.39 is 0 Å². The van der Waals surface area contributed by atoms with Crippen LogP contribution in [-0.2, 0) is 0 Å². The second-order valence-electron chi connectivity index (χ2n) is 10.8. The van der Waals surface area contributed by atoms with Crippen molar-refractivity contribution in [2.75, 3.05) is 0 Å². The molecule has 0 spiro atoms. The van der Waals surface area contributed by atoms with Gasteiger partial charge in [0.2, 0.25) is 0 Å². The Morgan fingerprint density at radius 1 is 0.826 bits per heavy atom. The summed E-state index contributed by atoms with van der Waals surface area (Å²) in [6, 6.07) is 0. The first-order valence-corrected chi connectivity index (χ1v) is 10.4. The lowest BCUT2D eigenvalue weighted by atomic mass is 9.43. The largest absolute Gasteiger partial charge is 0.0839 e. The van der Waals surface area contributed by atoms with Gasteiger partial charge in [-0.2, -0.15) is 0 Å². The van der Waals surface area contributed by atoms with Crippen LogP contribution in [0.4, 0.5) is 0 Å². The Kier molecular flexibility index (Phi) is 3.45. The lowest BCUT2D eigenvalue weighted by Gasteiger charge is -2.61. The highest BCUT2D eigenvalue weighted by molar-refractivity contribution is 5.30. The van der Waals surface area contributed by atoms with E-state index in [1.165, 1.54) is 44.9 Å². The van der Waals surface area contributed by atoms with E-state index in [4.69, 9.17) is 0 Å². The van der Waals surface area contributed by atoms with Crippen molar-refractivity contribution in [1.82, 2.24) is 0 Å². The third-order valence-corrected chi connectivity index (χ3v) is 9.96. The van der Waals surface area contributed by atoms with Gasteiger partial charge in [-0.25, -0.2) is 0 Å². The molecule has 0 nitrogen and oxygen atoms in total. The zero-order chi connectivity index (χ0) is 16.6. The smallest absolute Gasteiger partial charge is 0.00797 e. The molecule has 0 heteroatoms. The number of hydrogen-bond acceptors (Lipinski definition) is 0. The van der Waals surface area contributed by atoms with Crippen LogP contribution in [0.2, 0.25) is 0 Å². The molecule has 3 saturated carbocycles. The molecule has 0 aliphatic heterocycles. The fraction of sp³-hybridized carbons (Fsp3) is 0.913. The molecule has 0 amide bonds. The van der Waals surface area contributed by atoms with E-state index in [0.29, 0.717) is 16.2 Å². The first-order chi connectivity index (χ1) is 10.7. The van der Waals surface area contributed by atoms with Gasteiger partial charge in [0.1, 0.15) is 0 Å². The van der Waals surface area contributed by atoms with Crippen molar-refractivity contribution < 1.29 is 0 Å². The minimum atomic E-state index is 0.418. The topological polar surface area (TPSA) is 0 Å². The molecule has 0 saturated heterocycles. The molecule has 0 aromatic rings. The van der Waals surface area contributed by atoms with E-state index in [0.717, 1.165) is 29.6 Å². The van der Waals surface area contributed by atoms with Crippen LogP contribution in [0, 0.1) is 45.8 Å². The number of fused-ring (bicyclic) bond motifs is 5. The summed E-state index contributed by atoms with van der Waals surface area (Å²) in [6.07, 6.45) is 13.0. The highest BCUT2D eigenvalue weighted by Gasteiger charge is 2.59. The summed E-state index contributed by atoms with van der Waals surface area (Å²) in [5.74, 6) is 4.76. The van der Waals surface area contributed by atoms with Gasteiger partial charge in [-0.3, -0.25) is 0 Å². The van der Waals surface area contributed by atoms with Crippen LogP contribution in [0.3, 0.4) is 0 Å². The Morgan fingerprint density at radius 3 is 2.30 bits per heavy atom. The fourth-order valence-corrected chi connectivity index (χ4v) is 7.82. The van der Waals surface area contributed by atoms with Gasteiger partial charge >= 0.3 is 0 Å². The van der Waals surface area contributed by atoms with Crippen LogP contribution in [0.5, 0.6) is 0 Å². The molecule has 130 valence electrons. The summed E-state index contributed by atoms with van der Waals surface area (Å²) >= 11 is 0. The van der Waals surface area contributed by atoms with Crippen LogP contribution in [0.25, 0.3) is 0 Å². The summed E-state index contributed by atoms with van der Waals surface area (Å²) in [5.41, 5.74) is 3.42. The van der Waals surface area contributed by atoms with Gasteiger partial charge in [0.05, 0.1) is 0 Å². The maximum absolute atomic E-state index is 2.74. The molecular weight excluding hydrogens is 276 g/mol. The molecule has 4 rings (SSSR count). The van der Waals surface area contributed by atoms with E-state index >= 15 is 0 Å². The van der Waals surface area contributed by atoms with Crippen LogP contribution < -0.4 is 0 Å². The number of allylic oxidation sites excluding steroid dienone is 2. The first-order valence-electron chi connectivity index (χ1n) is 10.4. The van der Waals surface area contributed by atoms with E-state index in [1.807, 2.05) is 5.57 Å². The second kappa shape index (κ2) is 4.89. The summed E-state index contributed by atoms with van der Waals surface area (Å²) in [7, 11) is 0. The van der Waals surface area contributed by atoms with Crippen LogP contribution in [0.1, 0.15) is 86.5 Å². The summed E-state index contributed by atoms with van der Waals surface area (Å²) in [4.78, 5) is 0. The number of hydrogen-bond donors (Lipinski definition) is 0. The zero-order valence-electron chi connectivity index (χ0n) is 16.4. The summed E-state index contributed by atoms with van der Waals surface area (Å²) in [5, 5.41) is 0. The third kappa shape index (κ3) is 1.96. The Balaban J connectivity index is 1.73. The molecule has 3 fully saturated rings. The van der Waals surface area contributed by atoms with Gasteiger partial charge in [0.15, 0.2) is 0 Å². The van der Waals surface area contributed by atoms with Crippen molar-refractivity contribution >= 4 is 0 Å². The Labute approximate surface area is 144 Å². The summed E-state index contributed by atoms with van der Waals surface area (Å²) in [6.45, 7) is 15.4. The average molecular weight is 315 g/mol. The van der Waals surface area contributed by atoms with E-state index in [9.17, 15) is 0 Å². The van der Waals surface area contributed by atoms with Crippen molar-refractivity contribution in [3.8, 4) is 0 Å². The highest BCUT2D eigenvalue weighted by atomic mass is 14.6. The Hall–Kier alpha value is -0.260. The van der Waals surface area contributed by atoms with E-state index in [2.05, 4.69) is 47.6 Å². The molecule has 0 N–H and O–H groups in total. The zero-order valence-corrected chi connectivity index (χ0v) is 16.4. The SMILES string of the molecule is CC1CCC2(C)C(=CCC3C2CCC2(C)C(C)CCC32)C1(C)C. The molecule has 23 heavy (non-hydrogen) atoms. The van der Waals surface area contributed by atoms with Crippen molar-refractivity contribution in [3.63, 3.8) is 0 Å². The molecule has 4 aliphatic rings. The van der Waals surface area contributed by atoms with Crippen molar-refractivity contribution in [2.45, 2.75) is 86.5 Å². The van der Waals surface area contributed by atoms with Gasteiger partial charge in [-0.05, 0) is 90.8 Å². The first kappa shape index (κ1) is 16.2. The van der Waals surface area contributed by atoms with Crippen molar-refractivity contribution in [2.24, 2.45) is 45.8 Å². The van der Waals surface area contributed by atoms with E-state index in [1.54, 1.807) is 0 Å². The minimum Gasteiger partial charge on any atom is -0.0839 e. The van der Waals surface area contributed by atoms with Crippen molar-refractivity contribution in [3.05, 3.63) is 11.6 Å². The lowest BCUT2D eigenvalue weighted by Crippen LogP contribution is -2.52. The highest BCUT2D eigenvalue weighted by Crippen LogP contribution is 2.68. The van der Waals surface area contributed by atoms with Crippen molar-refractivity contribution in [1.29, 1.82) is 0 Å². The average Bonchev–Trinajstić information content (AvgIpc) is 2.79. The standard InChI is InChI=1S/C23H38/c1-15-11-13-23(6)19-12-14-22(5)16(2)7-9-18(22)17(19)8-10-20(23)21(15,3)4/h10,15-19H,7-9,11-14H2,1-6H3. The quantitative estimate of drug-likeness (QED) is 0.428. The molecule has 0 radical (unpaired) electrons. The molecule has 0 aromatic heterocycles. The van der Waals surface area contributed by atoms with E-state index in [-0.39, 0.29) is 0 Å². The molecule has 0 heterocycles. The number of rotatable bonds is 0. The van der Waals surface area contributed by atoms with Crippen LogP contribution in [0.15, 0.2) is 11.6 Å². The molecule has 0 aromatic carbocycles. The molecular formula is C23H38. The second-order valence-corrected chi connectivity index (χ2v) is 10.8. The van der Waals surface area contributed by atoms with Gasteiger partial charge in [0, 0.05) is 0 Å². The monoisotopic (exact) mass is 314 g/mol. The predicted molar refractivity (Wildman–Crippen MR) is 99.2 cm³/mol. The molecule has 7 atom stereocenters. The maximum Gasteiger partial charge on any atom is -0.00797 e. The maximum atomic E-state index is 2.74. The van der Waals surface area contributed by atoms with Gasteiger partial charge in [-0.1, -0.05) is 53.2 Å². The Bertz CT molecular complexity index is 526. The molecule has 4 aliphatic carbocycles. The van der Waals surface area contributed by atoms with Crippen LogP contribution in [-0.4, -0.2) is 0 Å². The Morgan fingerprint density at radius 2 is 1.57 bits per heavy atom. The third-order valence-electron chi connectivity index (χ3n) is 9.96. The molecule has 7 unspecified atom stereocenters. The van der Waals surface area contributed by atoms with Crippen LogP contribution >= 0.6 is 0 Å². The van der Waals surface area contributed by atoms with Gasteiger partial charge in [0.25, 0.3) is 0 Å².